The van der Waals surface area contributed by atoms with Crippen molar-refractivity contribution in [1.29, 1.82) is 0 Å². The Kier molecular flexibility index (Phi) is 3.28. The van der Waals surface area contributed by atoms with Gasteiger partial charge in [-0.3, -0.25) is 0 Å². The Morgan fingerprint density at radius 3 is 2.56 bits per heavy atom. The molecule has 0 bridgehead atoms. The van der Waals surface area contributed by atoms with Gasteiger partial charge in [0.15, 0.2) is 0 Å². The number of rotatable bonds is 2. The van der Waals surface area contributed by atoms with Crippen molar-refractivity contribution in [1.82, 2.24) is 9.62 Å². The molecule has 4 nitrogen and oxygen atoms in total. The second kappa shape index (κ2) is 4.53. The Labute approximate surface area is 96.3 Å². The fourth-order valence-corrected chi connectivity index (χ4v) is 3.36. The molecular formula is C11H16N2O2S. The third kappa shape index (κ3) is 2.26. The maximum Gasteiger partial charge on any atom is 0.243 e. The van der Waals surface area contributed by atoms with Gasteiger partial charge in [0.25, 0.3) is 0 Å². The maximum absolute atomic E-state index is 12.2. The highest BCUT2D eigenvalue weighted by atomic mass is 32.2. The van der Waals surface area contributed by atoms with Gasteiger partial charge in [-0.05, 0) is 24.6 Å². The van der Waals surface area contributed by atoms with Gasteiger partial charge >= 0.3 is 0 Å². The molecule has 0 unspecified atom stereocenters. The number of nitrogens with zero attached hydrogens (tertiary/aromatic N) is 1. The first-order valence-electron chi connectivity index (χ1n) is 5.38. The van der Waals surface area contributed by atoms with Gasteiger partial charge in [0.05, 0.1) is 4.90 Å². The molecule has 0 saturated carbocycles. The van der Waals surface area contributed by atoms with Crippen molar-refractivity contribution in [3.8, 4) is 0 Å². The van der Waals surface area contributed by atoms with Crippen LogP contribution < -0.4 is 5.32 Å². The van der Waals surface area contributed by atoms with E-state index >= 15 is 0 Å². The Hall–Kier alpha value is -0.910. The van der Waals surface area contributed by atoms with E-state index in [2.05, 4.69) is 5.32 Å². The topological polar surface area (TPSA) is 49.4 Å². The number of benzene rings is 1. The van der Waals surface area contributed by atoms with E-state index in [0.717, 1.165) is 18.7 Å². The second-order valence-electron chi connectivity index (χ2n) is 3.97. The molecule has 1 N–H and O–H groups in total. The lowest BCUT2D eigenvalue weighted by atomic mass is 10.2. The highest BCUT2D eigenvalue weighted by Gasteiger charge is 2.25. The first-order chi connectivity index (χ1) is 7.60. The van der Waals surface area contributed by atoms with E-state index in [4.69, 9.17) is 0 Å². The van der Waals surface area contributed by atoms with Crippen LogP contribution in [0, 0.1) is 6.92 Å². The molecule has 5 heteroatoms. The van der Waals surface area contributed by atoms with Crippen LogP contribution in [-0.4, -0.2) is 38.9 Å². The fraction of sp³-hybridized carbons (Fsp3) is 0.455. The number of hydrogen-bond acceptors (Lipinski definition) is 3. The molecule has 2 rings (SSSR count). The van der Waals surface area contributed by atoms with Crippen molar-refractivity contribution in [3.05, 3.63) is 29.8 Å². The van der Waals surface area contributed by atoms with Crippen molar-refractivity contribution in [3.63, 3.8) is 0 Å². The minimum Gasteiger partial charge on any atom is -0.314 e. The van der Waals surface area contributed by atoms with Gasteiger partial charge in [-0.2, -0.15) is 4.31 Å². The molecule has 1 heterocycles. The van der Waals surface area contributed by atoms with E-state index in [1.807, 2.05) is 13.0 Å². The summed E-state index contributed by atoms with van der Waals surface area (Å²) in [5, 5.41) is 3.14. The quantitative estimate of drug-likeness (QED) is 0.823. The fourth-order valence-electron chi connectivity index (χ4n) is 1.81. The second-order valence-corrected chi connectivity index (χ2v) is 5.91. The van der Waals surface area contributed by atoms with Crippen LogP contribution in [0.15, 0.2) is 29.2 Å². The highest BCUT2D eigenvalue weighted by Crippen LogP contribution is 2.16. The highest BCUT2D eigenvalue weighted by molar-refractivity contribution is 7.89. The lowest BCUT2D eigenvalue weighted by Crippen LogP contribution is -2.46. The van der Waals surface area contributed by atoms with E-state index in [0.29, 0.717) is 18.0 Å². The zero-order valence-corrected chi connectivity index (χ0v) is 10.1. The third-order valence-corrected chi connectivity index (χ3v) is 4.60. The average Bonchev–Trinajstić information content (AvgIpc) is 2.30. The number of aryl methyl sites for hydroxylation is 1. The Balaban J connectivity index is 2.30. The average molecular weight is 240 g/mol. The lowest BCUT2D eigenvalue weighted by molar-refractivity contribution is 0.360. The number of piperazine rings is 1. The minimum atomic E-state index is -3.29. The van der Waals surface area contributed by atoms with Crippen LogP contribution in [0.2, 0.25) is 0 Å². The zero-order valence-electron chi connectivity index (χ0n) is 9.31. The number of sulfonamides is 1. The van der Waals surface area contributed by atoms with Gasteiger partial charge in [0.1, 0.15) is 0 Å². The molecule has 88 valence electrons. The van der Waals surface area contributed by atoms with Crippen LogP contribution in [0.4, 0.5) is 0 Å². The molecule has 1 fully saturated rings. The molecule has 0 aliphatic carbocycles. The summed E-state index contributed by atoms with van der Waals surface area (Å²) in [6, 6.07) is 7.06. The largest absolute Gasteiger partial charge is 0.314 e. The van der Waals surface area contributed by atoms with Gasteiger partial charge in [-0.25, -0.2) is 8.42 Å². The van der Waals surface area contributed by atoms with Crippen LogP contribution >= 0.6 is 0 Å². The van der Waals surface area contributed by atoms with Crippen molar-refractivity contribution in [2.75, 3.05) is 26.2 Å². The van der Waals surface area contributed by atoms with E-state index in [1.54, 1.807) is 18.2 Å². The third-order valence-electron chi connectivity index (χ3n) is 2.70. The summed E-state index contributed by atoms with van der Waals surface area (Å²) >= 11 is 0. The Morgan fingerprint density at radius 2 is 1.94 bits per heavy atom. The molecule has 0 aromatic heterocycles. The predicted molar refractivity (Wildman–Crippen MR) is 62.8 cm³/mol. The van der Waals surface area contributed by atoms with Gasteiger partial charge in [-0.15, -0.1) is 0 Å². The van der Waals surface area contributed by atoms with Crippen LogP contribution in [0.1, 0.15) is 5.56 Å². The predicted octanol–water partition coefficient (Wildman–Crippen LogP) is 0.589. The van der Waals surface area contributed by atoms with Gasteiger partial charge in [0.2, 0.25) is 10.0 Å². The number of nitrogens with one attached hydrogen (secondary N) is 1. The summed E-state index contributed by atoms with van der Waals surface area (Å²) in [4.78, 5) is 0.398. The van der Waals surface area contributed by atoms with E-state index in [9.17, 15) is 8.42 Å². The summed E-state index contributed by atoms with van der Waals surface area (Å²) in [5.74, 6) is 0. The summed E-state index contributed by atoms with van der Waals surface area (Å²) in [6.07, 6.45) is 0. The lowest BCUT2D eigenvalue weighted by Gasteiger charge is -2.26. The SMILES string of the molecule is Cc1cccc(S(=O)(=O)N2CCNCC2)c1. The van der Waals surface area contributed by atoms with Gasteiger partial charge in [0, 0.05) is 26.2 Å². The minimum absolute atomic E-state index is 0.398. The molecule has 0 amide bonds. The molecule has 1 saturated heterocycles. The van der Waals surface area contributed by atoms with E-state index < -0.39 is 10.0 Å². The monoisotopic (exact) mass is 240 g/mol. The van der Waals surface area contributed by atoms with Crippen LogP contribution in [-0.2, 0) is 10.0 Å². The maximum atomic E-state index is 12.2. The standard InChI is InChI=1S/C11H16N2O2S/c1-10-3-2-4-11(9-10)16(14,15)13-7-5-12-6-8-13/h2-4,9,12H,5-8H2,1H3. The Bertz CT molecular complexity index is 465. The summed E-state index contributed by atoms with van der Waals surface area (Å²) < 4.78 is 26.0. The Morgan fingerprint density at radius 1 is 1.25 bits per heavy atom. The molecule has 0 radical (unpaired) electrons. The molecule has 1 aliphatic heterocycles. The van der Waals surface area contributed by atoms with E-state index in [-0.39, 0.29) is 0 Å². The van der Waals surface area contributed by atoms with Crippen LogP contribution in [0.5, 0.6) is 0 Å². The molecular weight excluding hydrogens is 224 g/mol. The number of hydrogen-bond donors (Lipinski definition) is 1. The van der Waals surface area contributed by atoms with Crippen molar-refractivity contribution >= 4 is 10.0 Å². The summed E-state index contributed by atoms with van der Waals surface area (Å²) in [6.45, 7) is 4.46. The van der Waals surface area contributed by atoms with Crippen LogP contribution in [0.3, 0.4) is 0 Å². The van der Waals surface area contributed by atoms with Crippen molar-refractivity contribution in [2.24, 2.45) is 0 Å². The van der Waals surface area contributed by atoms with Crippen molar-refractivity contribution < 1.29 is 8.42 Å². The molecule has 16 heavy (non-hydrogen) atoms. The first kappa shape index (κ1) is 11.6. The van der Waals surface area contributed by atoms with Gasteiger partial charge in [-0.1, -0.05) is 12.1 Å². The normalized spacial score (nSPS) is 18.6. The van der Waals surface area contributed by atoms with Gasteiger partial charge < -0.3 is 5.32 Å². The molecule has 1 aromatic rings. The first-order valence-corrected chi connectivity index (χ1v) is 6.82. The molecule has 1 aliphatic rings. The smallest absolute Gasteiger partial charge is 0.243 e. The van der Waals surface area contributed by atoms with Crippen LogP contribution in [0.25, 0.3) is 0 Å². The molecule has 0 spiro atoms. The van der Waals surface area contributed by atoms with E-state index in [1.165, 1.54) is 4.31 Å². The molecule has 1 aromatic carbocycles. The molecule has 0 atom stereocenters. The summed E-state index contributed by atoms with van der Waals surface area (Å²) in [5.41, 5.74) is 0.969. The van der Waals surface area contributed by atoms with Crippen molar-refractivity contribution in [2.45, 2.75) is 11.8 Å². The summed E-state index contributed by atoms with van der Waals surface area (Å²) in [7, 11) is -3.29. The zero-order chi connectivity index (χ0) is 11.6.